The Labute approximate surface area is 210 Å². The molecular weight excluding hydrogens is 456 g/mol. The number of aromatic nitrogens is 1. The van der Waals surface area contributed by atoms with Crippen molar-refractivity contribution < 1.29 is 19.0 Å². The summed E-state index contributed by atoms with van der Waals surface area (Å²) in [7, 11) is 4.54. The van der Waals surface area contributed by atoms with Crippen molar-refractivity contribution in [3.8, 4) is 17.2 Å². The number of nitrogens with zero attached hydrogens (tertiary/aromatic N) is 1. The van der Waals surface area contributed by atoms with E-state index in [1.165, 1.54) is 32.3 Å². The van der Waals surface area contributed by atoms with Crippen molar-refractivity contribution in [2.45, 2.75) is 13.3 Å². The van der Waals surface area contributed by atoms with Crippen LogP contribution in [0.2, 0.25) is 0 Å². The first-order valence-corrected chi connectivity index (χ1v) is 11.6. The zero-order valence-electron chi connectivity index (χ0n) is 20.8. The summed E-state index contributed by atoms with van der Waals surface area (Å²) in [6, 6.07) is 19.2. The Bertz CT molecular complexity index is 1350. The van der Waals surface area contributed by atoms with Gasteiger partial charge in [0.25, 0.3) is 5.91 Å². The Kier molecular flexibility index (Phi) is 7.75. The normalized spacial score (nSPS) is 11.3. The average molecular weight is 487 g/mol. The molecule has 0 radical (unpaired) electrons. The van der Waals surface area contributed by atoms with E-state index in [2.05, 4.69) is 26.7 Å². The van der Waals surface area contributed by atoms with Crippen molar-refractivity contribution in [1.29, 1.82) is 0 Å². The highest BCUT2D eigenvalue weighted by atomic mass is 16.5. The molecule has 3 N–H and O–H groups in total. The van der Waals surface area contributed by atoms with Gasteiger partial charge in [0.05, 0.1) is 21.3 Å². The summed E-state index contributed by atoms with van der Waals surface area (Å²) in [4.78, 5) is 21.2. The Balaban J connectivity index is 1.57. The van der Waals surface area contributed by atoms with Crippen molar-refractivity contribution in [2.75, 3.05) is 33.2 Å². The second kappa shape index (κ2) is 11.3. The summed E-state index contributed by atoms with van der Waals surface area (Å²) in [5, 5.41) is 7.29. The van der Waals surface area contributed by atoms with Crippen LogP contribution < -0.4 is 24.8 Å². The standard InChI is InChI=1S/C28H30N4O4/c1-18-9-11-21(12-10-18)31-28(29-14-13-19-17-30-23-8-6-5-7-22(19)23)32-27(33)20-15-24(34-2)26(36-4)25(16-20)35-3/h5-12,15-17,30H,13-14H2,1-4H3,(H2,29,31,32,33). The van der Waals surface area contributed by atoms with E-state index in [1.54, 1.807) is 12.1 Å². The van der Waals surface area contributed by atoms with Crippen LogP contribution in [0.15, 0.2) is 71.9 Å². The van der Waals surface area contributed by atoms with Gasteiger partial charge in [0.2, 0.25) is 11.7 Å². The lowest BCUT2D eigenvalue weighted by molar-refractivity contribution is 0.0976. The van der Waals surface area contributed by atoms with Crippen LogP contribution in [-0.2, 0) is 6.42 Å². The molecule has 1 heterocycles. The molecule has 1 aromatic heterocycles. The number of rotatable bonds is 8. The molecular formula is C28H30N4O4. The van der Waals surface area contributed by atoms with Gasteiger partial charge in [0.1, 0.15) is 0 Å². The lowest BCUT2D eigenvalue weighted by Crippen LogP contribution is -2.36. The number of aliphatic imine (C=N–C) groups is 1. The highest BCUT2D eigenvalue weighted by molar-refractivity contribution is 6.10. The van der Waals surface area contributed by atoms with E-state index in [0.29, 0.717) is 41.7 Å². The zero-order valence-corrected chi connectivity index (χ0v) is 20.8. The van der Waals surface area contributed by atoms with Gasteiger partial charge < -0.3 is 24.5 Å². The highest BCUT2D eigenvalue weighted by Crippen LogP contribution is 2.38. The summed E-state index contributed by atoms with van der Waals surface area (Å²) in [5.41, 5.74) is 4.56. The fourth-order valence-electron chi connectivity index (χ4n) is 3.90. The molecule has 1 amide bonds. The molecule has 0 unspecified atom stereocenters. The van der Waals surface area contributed by atoms with Crippen LogP contribution in [0.1, 0.15) is 21.5 Å². The van der Waals surface area contributed by atoms with Crippen molar-refractivity contribution in [2.24, 2.45) is 4.99 Å². The Morgan fingerprint density at radius 1 is 0.944 bits per heavy atom. The summed E-state index contributed by atoms with van der Waals surface area (Å²) in [6.07, 6.45) is 2.71. The number of carbonyl (C=O) groups excluding carboxylic acids is 1. The molecule has 0 aliphatic rings. The van der Waals surface area contributed by atoms with Gasteiger partial charge in [-0.1, -0.05) is 35.9 Å². The SMILES string of the molecule is COc1cc(C(=O)NC(=NCCc2c[nH]c3ccccc23)Nc2ccc(C)cc2)cc(OC)c1OC. The molecule has 8 nitrogen and oxygen atoms in total. The maximum atomic E-state index is 13.2. The number of benzene rings is 3. The number of hydrogen-bond acceptors (Lipinski definition) is 5. The largest absolute Gasteiger partial charge is 0.493 e. The first kappa shape index (κ1) is 24.7. The fourth-order valence-corrected chi connectivity index (χ4v) is 3.90. The molecule has 0 spiro atoms. The number of H-pyrrole nitrogens is 1. The molecule has 0 fully saturated rings. The van der Waals surface area contributed by atoms with E-state index < -0.39 is 0 Å². The molecule has 0 aliphatic heterocycles. The number of amides is 1. The molecule has 0 atom stereocenters. The van der Waals surface area contributed by atoms with Crippen molar-refractivity contribution >= 4 is 28.5 Å². The first-order chi connectivity index (χ1) is 17.5. The monoisotopic (exact) mass is 486 g/mol. The minimum atomic E-state index is -0.361. The molecule has 36 heavy (non-hydrogen) atoms. The molecule has 3 aromatic carbocycles. The number of para-hydroxylation sites is 1. The summed E-state index contributed by atoms with van der Waals surface area (Å²) in [6.45, 7) is 2.50. The number of carbonyl (C=O) groups is 1. The van der Waals surface area contributed by atoms with Gasteiger partial charge in [-0.3, -0.25) is 15.1 Å². The number of aromatic amines is 1. The maximum Gasteiger partial charge on any atom is 0.258 e. The van der Waals surface area contributed by atoms with Gasteiger partial charge in [-0.2, -0.15) is 0 Å². The zero-order chi connectivity index (χ0) is 25.5. The number of aryl methyl sites for hydroxylation is 1. The quantitative estimate of drug-likeness (QED) is 0.242. The lowest BCUT2D eigenvalue weighted by Gasteiger charge is -2.15. The molecule has 0 saturated carbocycles. The van der Waals surface area contributed by atoms with Crippen LogP contribution in [0.4, 0.5) is 5.69 Å². The molecule has 8 heteroatoms. The molecule has 0 bridgehead atoms. The van der Waals surface area contributed by atoms with Crippen LogP contribution in [0.5, 0.6) is 17.2 Å². The summed E-state index contributed by atoms with van der Waals surface area (Å²) in [5.74, 6) is 1.19. The van der Waals surface area contributed by atoms with Crippen LogP contribution in [0, 0.1) is 6.92 Å². The van der Waals surface area contributed by atoms with Crippen LogP contribution in [0.25, 0.3) is 10.9 Å². The maximum absolute atomic E-state index is 13.2. The number of nitrogens with one attached hydrogen (secondary N) is 3. The average Bonchev–Trinajstić information content (AvgIpc) is 3.32. The third-order valence-electron chi connectivity index (χ3n) is 5.80. The van der Waals surface area contributed by atoms with E-state index in [9.17, 15) is 4.79 Å². The van der Waals surface area contributed by atoms with Gasteiger partial charge in [-0.25, -0.2) is 0 Å². The smallest absolute Gasteiger partial charge is 0.258 e. The molecule has 0 saturated heterocycles. The van der Waals surface area contributed by atoms with E-state index in [4.69, 9.17) is 14.2 Å². The topological polar surface area (TPSA) is 97.0 Å². The third-order valence-corrected chi connectivity index (χ3v) is 5.80. The molecule has 186 valence electrons. The first-order valence-electron chi connectivity index (χ1n) is 11.6. The second-order valence-electron chi connectivity index (χ2n) is 8.20. The molecule has 0 aliphatic carbocycles. The number of anilines is 1. The number of fused-ring (bicyclic) bond motifs is 1. The van der Waals surface area contributed by atoms with Gasteiger partial charge in [0.15, 0.2) is 11.5 Å². The van der Waals surface area contributed by atoms with E-state index in [1.807, 2.05) is 55.6 Å². The molecule has 4 aromatic rings. The van der Waals surface area contributed by atoms with Gasteiger partial charge >= 0.3 is 0 Å². The second-order valence-corrected chi connectivity index (χ2v) is 8.20. The summed E-state index contributed by atoms with van der Waals surface area (Å²) >= 11 is 0. The fraction of sp³-hybridized carbons (Fsp3) is 0.214. The van der Waals surface area contributed by atoms with Gasteiger partial charge in [0, 0.05) is 34.9 Å². The van der Waals surface area contributed by atoms with Crippen LogP contribution in [0.3, 0.4) is 0 Å². The Morgan fingerprint density at radius 3 is 2.31 bits per heavy atom. The highest BCUT2D eigenvalue weighted by Gasteiger charge is 2.18. The third kappa shape index (κ3) is 5.60. The molecule has 4 rings (SSSR count). The number of guanidine groups is 1. The van der Waals surface area contributed by atoms with E-state index >= 15 is 0 Å². The Morgan fingerprint density at radius 2 is 1.64 bits per heavy atom. The number of methoxy groups -OCH3 is 3. The van der Waals surface area contributed by atoms with E-state index in [-0.39, 0.29) is 5.91 Å². The summed E-state index contributed by atoms with van der Waals surface area (Å²) < 4.78 is 16.1. The minimum absolute atomic E-state index is 0.345. The number of ether oxygens (including phenoxy) is 3. The van der Waals surface area contributed by atoms with E-state index in [0.717, 1.165) is 16.8 Å². The predicted octanol–water partition coefficient (Wildman–Crippen LogP) is 4.94. The lowest BCUT2D eigenvalue weighted by atomic mass is 10.1. The Hall–Kier alpha value is -4.46. The van der Waals surface area contributed by atoms with Gasteiger partial charge in [-0.15, -0.1) is 0 Å². The van der Waals surface area contributed by atoms with Crippen molar-refractivity contribution in [3.63, 3.8) is 0 Å². The van der Waals surface area contributed by atoms with Gasteiger partial charge in [-0.05, 0) is 49.2 Å². The number of hydrogen-bond donors (Lipinski definition) is 3. The van der Waals surface area contributed by atoms with Crippen LogP contribution >= 0.6 is 0 Å². The van der Waals surface area contributed by atoms with Crippen molar-refractivity contribution in [3.05, 3.63) is 83.6 Å². The van der Waals surface area contributed by atoms with Crippen molar-refractivity contribution in [1.82, 2.24) is 10.3 Å². The minimum Gasteiger partial charge on any atom is -0.493 e. The van der Waals surface area contributed by atoms with Crippen LogP contribution in [-0.4, -0.2) is 44.7 Å². The predicted molar refractivity (Wildman–Crippen MR) is 143 cm³/mol.